The van der Waals surface area contributed by atoms with Crippen LogP contribution in [-0.4, -0.2) is 50.9 Å². The van der Waals surface area contributed by atoms with Gasteiger partial charge in [0.15, 0.2) is 0 Å². The Hall–Kier alpha value is -1.11. The highest BCUT2D eigenvalue weighted by Crippen LogP contribution is 2.22. The van der Waals surface area contributed by atoms with E-state index >= 15 is 0 Å². The highest BCUT2D eigenvalue weighted by Gasteiger charge is 2.18. The molecule has 0 bridgehead atoms. The second-order valence-electron chi connectivity index (χ2n) is 6.16. The highest BCUT2D eigenvalue weighted by molar-refractivity contribution is 7.88. The monoisotopic (exact) mass is 326 g/mol. The number of hydrogen-bond acceptors (Lipinski definition) is 4. The molecule has 2 N–H and O–H groups in total. The molecule has 0 radical (unpaired) electrons. The summed E-state index contributed by atoms with van der Waals surface area (Å²) in [6.07, 6.45) is 5.79. The molecule has 22 heavy (non-hydrogen) atoms. The lowest BCUT2D eigenvalue weighted by Crippen LogP contribution is -2.39. The summed E-state index contributed by atoms with van der Waals surface area (Å²) in [5.74, 6) is 1.06. The van der Waals surface area contributed by atoms with Crippen LogP contribution in [0.2, 0.25) is 0 Å². The Morgan fingerprint density at radius 2 is 1.86 bits per heavy atom. The van der Waals surface area contributed by atoms with Gasteiger partial charge in [-0.15, -0.1) is 0 Å². The van der Waals surface area contributed by atoms with Gasteiger partial charge in [0.05, 0.1) is 6.26 Å². The predicted octanol–water partition coefficient (Wildman–Crippen LogP) is 1.59. The van der Waals surface area contributed by atoms with E-state index in [-0.39, 0.29) is 0 Å². The topological polar surface area (TPSA) is 69.6 Å². The first kappa shape index (κ1) is 17.2. The molecule has 0 aromatic heterocycles. The Morgan fingerprint density at radius 1 is 1.23 bits per heavy atom. The van der Waals surface area contributed by atoms with Gasteiger partial charge in [0, 0.05) is 13.1 Å². The van der Waals surface area contributed by atoms with Gasteiger partial charge in [-0.05, 0) is 62.4 Å². The van der Waals surface area contributed by atoms with Crippen molar-refractivity contribution in [3.05, 3.63) is 29.8 Å². The smallest absolute Gasteiger partial charge is 0.208 e. The van der Waals surface area contributed by atoms with E-state index < -0.39 is 10.0 Å². The van der Waals surface area contributed by atoms with Crippen LogP contribution in [-0.2, 0) is 16.4 Å². The maximum absolute atomic E-state index is 11.0. The van der Waals surface area contributed by atoms with Crippen LogP contribution < -0.4 is 4.72 Å². The third kappa shape index (κ3) is 6.34. The molecule has 1 heterocycles. The molecule has 0 unspecified atom stereocenters. The van der Waals surface area contributed by atoms with Crippen molar-refractivity contribution in [1.29, 1.82) is 0 Å². The van der Waals surface area contributed by atoms with E-state index in [4.69, 9.17) is 0 Å². The Bertz CT molecular complexity index is 549. The molecule has 0 saturated carbocycles. The molecule has 1 saturated heterocycles. The summed E-state index contributed by atoms with van der Waals surface area (Å²) in [4.78, 5) is 2.33. The van der Waals surface area contributed by atoms with Gasteiger partial charge in [0.25, 0.3) is 0 Å². The molecular formula is C16H26N2O3S. The van der Waals surface area contributed by atoms with Crippen molar-refractivity contribution in [3.8, 4) is 5.75 Å². The number of benzene rings is 1. The van der Waals surface area contributed by atoms with Crippen molar-refractivity contribution in [3.63, 3.8) is 0 Å². The number of aromatic hydroxyl groups is 1. The molecule has 1 fully saturated rings. The number of phenols is 1. The SMILES string of the molecule is CS(=O)(=O)NCCN1CCC(CCc2ccc(O)cc2)CC1. The van der Waals surface area contributed by atoms with E-state index in [1.54, 1.807) is 12.1 Å². The maximum Gasteiger partial charge on any atom is 0.208 e. The minimum Gasteiger partial charge on any atom is -0.508 e. The van der Waals surface area contributed by atoms with Crippen LogP contribution in [0.4, 0.5) is 0 Å². The fraction of sp³-hybridized carbons (Fsp3) is 0.625. The summed E-state index contributed by atoms with van der Waals surface area (Å²) in [5.41, 5.74) is 1.28. The molecule has 1 aromatic carbocycles. The van der Waals surface area contributed by atoms with Gasteiger partial charge < -0.3 is 10.0 Å². The molecule has 5 nitrogen and oxygen atoms in total. The first-order chi connectivity index (χ1) is 10.4. The first-order valence-electron chi connectivity index (χ1n) is 7.87. The summed E-state index contributed by atoms with van der Waals surface area (Å²) < 4.78 is 24.6. The second-order valence-corrected chi connectivity index (χ2v) is 7.99. The summed E-state index contributed by atoms with van der Waals surface area (Å²) in [6, 6.07) is 7.46. The van der Waals surface area contributed by atoms with Crippen molar-refractivity contribution < 1.29 is 13.5 Å². The zero-order chi connectivity index (χ0) is 16.0. The normalized spacial score (nSPS) is 17.7. The van der Waals surface area contributed by atoms with Crippen molar-refractivity contribution in [2.75, 3.05) is 32.4 Å². The molecular weight excluding hydrogens is 300 g/mol. The fourth-order valence-corrected chi connectivity index (χ4v) is 3.38. The van der Waals surface area contributed by atoms with Crippen LogP contribution in [0.5, 0.6) is 5.75 Å². The molecule has 0 atom stereocenters. The average molecular weight is 326 g/mol. The van der Waals surface area contributed by atoms with Gasteiger partial charge in [0.2, 0.25) is 10.0 Å². The number of rotatable bonds is 7. The lowest BCUT2D eigenvalue weighted by Gasteiger charge is -2.32. The van der Waals surface area contributed by atoms with Gasteiger partial charge >= 0.3 is 0 Å². The fourth-order valence-electron chi connectivity index (χ4n) is 2.92. The largest absolute Gasteiger partial charge is 0.508 e. The molecule has 0 spiro atoms. The van der Waals surface area contributed by atoms with Crippen LogP contribution >= 0.6 is 0 Å². The van der Waals surface area contributed by atoms with E-state index in [0.717, 1.165) is 32.0 Å². The molecule has 0 amide bonds. The number of hydrogen-bond donors (Lipinski definition) is 2. The van der Waals surface area contributed by atoms with Crippen LogP contribution in [0.15, 0.2) is 24.3 Å². The van der Waals surface area contributed by atoms with E-state index in [0.29, 0.717) is 12.3 Å². The summed E-state index contributed by atoms with van der Waals surface area (Å²) >= 11 is 0. The number of likely N-dealkylation sites (tertiary alicyclic amines) is 1. The van der Waals surface area contributed by atoms with Crippen molar-refractivity contribution in [2.45, 2.75) is 25.7 Å². The molecule has 6 heteroatoms. The van der Waals surface area contributed by atoms with Crippen LogP contribution in [0.1, 0.15) is 24.8 Å². The van der Waals surface area contributed by atoms with Crippen LogP contribution in [0, 0.1) is 5.92 Å². The lowest BCUT2D eigenvalue weighted by molar-refractivity contribution is 0.182. The third-order valence-electron chi connectivity index (χ3n) is 4.28. The number of aryl methyl sites for hydroxylation is 1. The zero-order valence-electron chi connectivity index (χ0n) is 13.2. The molecule has 1 aromatic rings. The van der Waals surface area contributed by atoms with E-state index in [1.165, 1.54) is 31.1 Å². The summed E-state index contributed by atoms with van der Waals surface area (Å²) in [5, 5.41) is 9.28. The molecule has 1 aliphatic heterocycles. The van der Waals surface area contributed by atoms with E-state index in [2.05, 4.69) is 9.62 Å². The minimum atomic E-state index is -3.07. The van der Waals surface area contributed by atoms with Gasteiger partial charge in [-0.25, -0.2) is 13.1 Å². The maximum atomic E-state index is 11.0. The van der Waals surface area contributed by atoms with Gasteiger partial charge in [-0.2, -0.15) is 0 Å². The summed E-state index contributed by atoms with van der Waals surface area (Å²) in [6.45, 7) is 3.38. The summed E-state index contributed by atoms with van der Waals surface area (Å²) in [7, 11) is -3.07. The Labute approximate surface area is 133 Å². The Morgan fingerprint density at radius 3 is 2.45 bits per heavy atom. The number of piperidine rings is 1. The number of nitrogens with one attached hydrogen (secondary N) is 1. The van der Waals surface area contributed by atoms with E-state index in [9.17, 15) is 13.5 Å². The number of nitrogens with zero attached hydrogens (tertiary/aromatic N) is 1. The molecule has 1 aliphatic rings. The Balaban J connectivity index is 1.63. The number of phenolic OH excluding ortho intramolecular Hbond substituents is 1. The lowest BCUT2D eigenvalue weighted by atomic mass is 9.90. The Kier molecular flexibility index (Phi) is 6.23. The highest BCUT2D eigenvalue weighted by atomic mass is 32.2. The second kappa shape index (κ2) is 7.94. The standard InChI is InChI=1S/C16H26N2O3S/c1-22(20,21)17-10-13-18-11-8-15(9-12-18)3-2-14-4-6-16(19)7-5-14/h4-7,15,17,19H,2-3,8-13H2,1H3. The zero-order valence-corrected chi connectivity index (χ0v) is 14.0. The number of sulfonamides is 1. The van der Waals surface area contributed by atoms with Crippen LogP contribution in [0.3, 0.4) is 0 Å². The third-order valence-corrected chi connectivity index (χ3v) is 5.01. The molecule has 124 valence electrons. The van der Waals surface area contributed by atoms with Crippen molar-refractivity contribution in [2.24, 2.45) is 5.92 Å². The molecule has 2 rings (SSSR count). The quantitative estimate of drug-likeness (QED) is 0.798. The van der Waals surface area contributed by atoms with Crippen molar-refractivity contribution in [1.82, 2.24) is 9.62 Å². The van der Waals surface area contributed by atoms with Gasteiger partial charge in [-0.3, -0.25) is 0 Å². The van der Waals surface area contributed by atoms with Crippen molar-refractivity contribution >= 4 is 10.0 Å². The minimum absolute atomic E-state index is 0.319. The average Bonchev–Trinajstić information content (AvgIpc) is 2.47. The first-order valence-corrected chi connectivity index (χ1v) is 9.76. The molecule has 0 aliphatic carbocycles. The van der Waals surface area contributed by atoms with E-state index in [1.807, 2.05) is 12.1 Å². The van der Waals surface area contributed by atoms with Gasteiger partial charge in [0.1, 0.15) is 5.75 Å². The van der Waals surface area contributed by atoms with Gasteiger partial charge in [-0.1, -0.05) is 12.1 Å². The predicted molar refractivity (Wildman–Crippen MR) is 88.4 cm³/mol. The van der Waals surface area contributed by atoms with Crippen LogP contribution in [0.25, 0.3) is 0 Å².